The molecule has 0 bridgehead atoms. The lowest BCUT2D eigenvalue weighted by Crippen LogP contribution is -2.32. The summed E-state index contributed by atoms with van der Waals surface area (Å²) in [6, 6.07) is 6.07. The van der Waals surface area contributed by atoms with E-state index in [0.29, 0.717) is 12.3 Å². The molecular formula is C12H18N2O2S. The smallest absolute Gasteiger partial charge is 0.151 e. The molecule has 1 saturated heterocycles. The van der Waals surface area contributed by atoms with E-state index in [1.54, 1.807) is 0 Å². The van der Waals surface area contributed by atoms with Gasteiger partial charge in [-0.25, -0.2) is 8.42 Å². The summed E-state index contributed by atoms with van der Waals surface area (Å²) in [5.41, 5.74) is 1.99. The summed E-state index contributed by atoms with van der Waals surface area (Å²) in [5.74, 6) is 0.610. The van der Waals surface area contributed by atoms with Gasteiger partial charge in [-0.1, -0.05) is 6.07 Å². The van der Waals surface area contributed by atoms with Gasteiger partial charge in [-0.05, 0) is 32.5 Å². The summed E-state index contributed by atoms with van der Waals surface area (Å²) in [4.78, 5) is 6.52. The van der Waals surface area contributed by atoms with Crippen LogP contribution in [-0.4, -0.2) is 42.9 Å². The topological polar surface area (TPSA) is 50.3 Å². The summed E-state index contributed by atoms with van der Waals surface area (Å²) < 4.78 is 22.8. The minimum absolute atomic E-state index is 0.141. The Morgan fingerprint density at radius 2 is 2.24 bits per heavy atom. The Kier molecular flexibility index (Phi) is 3.49. The number of aromatic nitrogens is 1. The number of nitrogens with zero attached hydrogens (tertiary/aromatic N) is 2. The molecule has 17 heavy (non-hydrogen) atoms. The van der Waals surface area contributed by atoms with Crippen molar-refractivity contribution in [3.05, 3.63) is 29.6 Å². The molecule has 1 aliphatic rings. The van der Waals surface area contributed by atoms with Crippen LogP contribution < -0.4 is 0 Å². The van der Waals surface area contributed by atoms with Crippen molar-refractivity contribution in [1.82, 2.24) is 9.88 Å². The van der Waals surface area contributed by atoms with Crippen LogP contribution in [0, 0.1) is 6.92 Å². The van der Waals surface area contributed by atoms with Crippen molar-refractivity contribution in [2.24, 2.45) is 0 Å². The third kappa shape index (κ3) is 3.26. The van der Waals surface area contributed by atoms with Crippen molar-refractivity contribution < 1.29 is 8.42 Å². The van der Waals surface area contributed by atoms with E-state index in [9.17, 15) is 8.42 Å². The van der Waals surface area contributed by atoms with Gasteiger partial charge in [0.25, 0.3) is 0 Å². The number of aryl methyl sites for hydroxylation is 1. The average Bonchev–Trinajstić information content (AvgIpc) is 2.59. The van der Waals surface area contributed by atoms with Crippen LogP contribution in [0.4, 0.5) is 0 Å². The molecule has 5 heteroatoms. The maximum Gasteiger partial charge on any atom is 0.151 e. The van der Waals surface area contributed by atoms with Gasteiger partial charge in [0, 0.05) is 18.3 Å². The molecule has 0 aliphatic carbocycles. The van der Waals surface area contributed by atoms with Gasteiger partial charge < -0.3 is 0 Å². The van der Waals surface area contributed by atoms with E-state index in [2.05, 4.69) is 9.88 Å². The lowest BCUT2D eigenvalue weighted by molar-refractivity contribution is 0.251. The maximum atomic E-state index is 11.4. The van der Waals surface area contributed by atoms with Crippen molar-refractivity contribution in [3.8, 4) is 0 Å². The second kappa shape index (κ2) is 4.74. The second-order valence-corrected chi connectivity index (χ2v) is 6.97. The summed E-state index contributed by atoms with van der Waals surface area (Å²) in [6.45, 7) is 2.67. The van der Waals surface area contributed by atoms with Gasteiger partial charge in [0.2, 0.25) is 0 Å². The van der Waals surface area contributed by atoms with E-state index in [-0.39, 0.29) is 11.8 Å². The maximum absolute atomic E-state index is 11.4. The van der Waals surface area contributed by atoms with E-state index in [1.165, 1.54) is 0 Å². The van der Waals surface area contributed by atoms with Gasteiger partial charge in [0.1, 0.15) is 0 Å². The molecule has 1 aromatic heterocycles. The quantitative estimate of drug-likeness (QED) is 0.808. The Morgan fingerprint density at radius 3 is 2.82 bits per heavy atom. The Bertz CT molecular complexity index is 499. The first-order valence-corrected chi connectivity index (χ1v) is 7.61. The van der Waals surface area contributed by atoms with Crippen molar-refractivity contribution in [3.63, 3.8) is 0 Å². The number of pyridine rings is 1. The minimum Gasteiger partial charge on any atom is -0.297 e. The lowest BCUT2D eigenvalue weighted by Gasteiger charge is -2.22. The second-order valence-electron chi connectivity index (χ2n) is 4.74. The highest BCUT2D eigenvalue weighted by molar-refractivity contribution is 7.91. The van der Waals surface area contributed by atoms with Crippen LogP contribution in [-0.2, 0) is 16.4 Å². The van der Waals surface area contributed by atoms with E-state index in [0.717, 1.165) is 17.8 Å². The predicted octanol–water partition coefficient (Wildman–Crippen LogP) is 1.01. The minimum atomic E-state index is -2.80. The molecule has 1 aliphatic heterocycles. The highest BCUT2D eigenvalue weighted by Crippen LogP contribution is 2.17. The Balaban J connectivity index is 2.00. The molecule has 2 rings (SSSR count). The molecule has 0 saturated carbocycles. The highest BCUT2D eigenvalue weighted by atomic mass is 32.2. The predicted molar refractivity (Wildman–Crippen MR) is 67.5 cm³/mol. The average molecular weight is 254 g/mol. The third-order valence-corrected chi connectivity index (χ3v) is 4.94. The van der Waals surface area contributed by atoms with Crippen LogP contribution in [0.25, 0.3) is 0 Å². The van der Waals surface area contributed by atoms with E-state index < -0.39 is 9.84 Å². The fraction of sp³-hybridized carbons (Fsp3) is 0.583. The summed E-state index contributed by atoms with van der Waals surface area (Å²) in [7, 11) is -0.835. The number of hydrogen-bond acceptors (Lipinski definition) is 4. The van der Waals surface area contributed by atoms with Gasteiger partial charge >= 0.3 is 0 Å². The molecular weight excluding hydrogens is 236 g/mol. The molecule has 0 spiro atoms. The van der Waals surface area contributed by atoms with Crippen LogP contribution >= 0.6 is 0 Å². The van der Waals surface area contributed by atoms with Gasteiger partial charge in [0.05, 0.1) is 17.2 Å². The molecule has 0 aromatic carbocycles. The Morgan fingerprint density at radius 1 is 1.47 bits per heavy atom. The number of rotatable bonds is 3. The van der Waals surface area contributed by atoms with Crippen molar-refractivity contribution in [2.75, 3.05) is 18.6 Å². The fourth-order valence-electron chi connectivity index (χ4n) is 2.20. The molecule has 0 N–H and O–H groups in total. The molecule has 1 unspecified atom stereocenters. The van der Waals surface area contributed by atoms with E-state index in [4.69, 9.17) is 0 Å². The number of sulfone groups is 1. The molecule has 94 valence electrons. The van der Waals surface area contributed by atoms with Gasteiger partial charge in [-0.2, -0.15) is 0 Å². The van der Waals surface area contributed by atoms with E-state index >= 15 is 0 Å². The lowest BCUT2D eigenvalue weighted by atomic mass is 10.2. The molecule has 0 amide bonds. The fourth-order valence-corrected chi connectivity index (χ4v) is 4.00. The monoisotopic (exact) mass is 254 g/mol. The van der Waals surface area contributed by atoms with Gasteiger partial charge in [-0.3, -0.25) is 9.88 Å². The number of hydrogen-bond donors (Lipinski definition) is 0. The van der Waals surface area contributed by atoms with Crippen LogP contribution in [0.15, 0.2) is 18.2 Å². The van der Waals surface area contributed by atoms with Crippen molar-refractivity contribution >= 4 is 9.84 Å². The standard InChI is InChI=1S/C12H18N2O2S/c1-10-4-3-5-11(13-10)8-14(2)12-6-7-17(15,16)9-12/h3-5,12H,6-9H2,1-2H3. The summed E-state index contributed by atoms with van der Waals surface area (Å²) >= 11 is 0. The van der Waals surface area contributed by atoms with Crippen LogP contribution in [0.3, 0.4) is 0 Å². The first kappa shape index (κ1) is 12.5. The molecule has 1 atom stereocenters. The van der Waals surface area contributed by atoms with Crippen molar-refractivity contribution in [2.45, 2.75) is 25.9 Å². The van der Waals surface area contributed by atoms with Crippen LogP contribution in [0.5, 0.6) is 0 Å². The summed E-state index contributed by atoms with van der Waals surface area (Å²) in [6.07, 6.45) is 0.741. The zero-order valence-electron chi connectivity index (χ0n) is 10.3. The Labute approximate surface area is 103 Å². The normalized spacial score (nSPS) is 23.1. The first-order chi connectivity index (χ1) is 7.96. The van der Waals surface area contributed by atoms with Crippen LogP contribution in [0.1, 0.15) is 17.8 Å². The van der Waals surface area contributed by atoms with Gasteiger partial charge in [0.15, 0.2) is 9.84 Å². The van der Waals surface area contributed by atoms with Crippen molar-refractivity contribution in [1.29, 1.82) is 0 Å². The molecule has 1 aromatic rings. The first-order valence-electron chi connectivity index (χ1n) is 5.79. The SMILES string of the molecule is Cc1cccc(CN(C)C2CCS(=O)(=O)C2)n1. The molecule has 1 fully saturated rings. The zero-order chi connectivity index (χ0) is 12.5. The molecule has 4 nitrogen and oxygen atoms in total. The Hall–Kier alpha value is -0.940. The third-order valence-electron chi connectivity index (χ3n) is 3.19. The highest BCUT2D eigenvalue weighted by Gasteiger charge is 2.30. The van der Waals surface area contributed by atoms with Crippen LogP contribution in [0.2, 0.25) is 0 Å². The largest absolute Gasteiger partial charge is 0.297 e. The molecule has 2 heterocycles. The summed E-state index contributed by atoms with van der Waals surface area (Å²) in [5, 5.41) is 0. The molecule has 0 radical (unpaired) electrons. The zero-order valence-corrected chi connectivity index (χ0v) is 11.1. The van der Waals surface area contributed by atoms with Gasteiger partial charge in [-0.15, -0.1) is 0 Å². The van der Waals surface area contributed by atoms with E-state index in [1.807, 2.05) is 32.2 Å².